The fourth-order valence-corrected chi connectivity index (χ4v) is 1.97. The second-order valence-electron chi connectivity index (χ2n) is 4.54. The van der Waals surface area contributed by atoms with E-state index in [1.165, 1.54) is 13.2 Å². The molecule has 0 bridgehead atoms. The summed E-state index contributed by atoms with van der Waals surface area (Å²) in [6.07, 6.45) is 3.32. The van der Waals surface area contributed by atoms with E-state index < -0.39 is 5.97 Å². The minimum atomic E-state index is -0.472. The first-order valence-electron chi connectivity index (χ1n) is 6.24. The van der Waals surface area contributed by atoms with Gasteiger partial charge in [-0.3, -0.25) is 4.79 Å². The van der Waals surface area contributed by atoms with Crippen LogP contribution in [0, 0.1) is 0 Å². The first-order valence-corrected chi connectivity index (χ1v) is 6.24. The molecule has 0 saturated heterocycles. The van der Waals surface area contributed by atoms with Gasteiger partial charge in [0.2, 0.25) is 0 Å². The lowest BCUT2D eigenvalue weighted by atomic mass is 10.4. The molecule has 112 valence electrons. The molecular weight excluding hydrogens is 274 g/mol. The summed E-state index contributed by atoms with van der Waals surface area (Å²) in [5.41, 5.74) is 6.95. The number of hydrogen-bond donors (Lipinski definition) is 2. The fourth-order valence-electron chi connectivity index (χ4n) is 1.97. The predicted octanol–water partition coefficient (Wildman–Crippen LogP) is 0.256. The number of nitrogens with one attached hydrogen (secondary N) is 1. The molecule has 0 radical (unpaired) electrons. The van der Waals surface area contributed by atoms with Gasteiger partial charge in [-0.1, -0.05) is 0 Å². The molecule has 2 aromatic heterocycles. The second-order valence-corrected chi connectivity index (χ2v) is 4.54. The Morgan fingerprint density at radius 1 is 1.33 bits per heavy atom. The van der Waals surface area contributed by atoms with E-state index in [4.69, 9.17) is 5.73 Å². The minimum absolute atomic E-state index is 0.249. The molecule has 8 heteroatoms. The fraction of sp³-hybridized carbons (Fsp3) is 0.308. The minimum Gasteiger partial charge on any atom is -0.464 e. The maximum atomic E-state index is 12.2. The van der Waals surface area contributed by atoms with Crippen LogP contribution in [0.5, 0.6) is 0 Å². The van der Waals surface area contributed by atoms with E-state index in [2.05, 4.69) is 15.0 Å². The average molecular weight is 291 g/mol. The van der Waals surface area contributed by atoms with Crippen LogP contribution in [-0.2, 0) is 25.4 Å². The first kappa shape index (κ1) is 14.8. The average Bonchev–Trinajstić information content (AvgIpc) is 3.00. The molecule has 2 aromatic rings. The van der Waals surface area contributed by atoms with Gasteiger partial charge in [0.05, 0.1) is 18.5 Å². The monoisotopic (exact) mass is 291 g/mol. The van der Waals surface area contributed by atoms with Gasteiger partial charge in [-0.25, -0.2) is 9.78 Å². The quantitative estimate of drug-likeness (QED) is 0.786. The molecule has 0 fully saturated rings. The molecule has 0 saturated carbocycles. The van der Waals surface area contributed by atoms with Crippen molar-refractivity contribution in [2.45, 2.75) is 6.54 Å². The van der Waals surface area contributed by atoms with Gasteiger partial charge in [0.25, 0.3) is 5.91 Å². The molecule has 0 aliphatic rings. The molecule has 3 N–H and O–H groups in total. The topological polar surface area (TPSA) is 104 Å². The largest absolute Gasteiger partial charge is 0.464 e. The number of aromatic nitrogens is 3. The Morgan fingerprint density at radius 3 is 2.62 bits per heavy atom. The standard InChI is InChI=1S/C13H17N5O3/c1-17-6-8(4-10(17)13(20)21-3)16-12(19)11-15-9(5-14)7-18(11)2/h4,6-7H,5,14H2,1-3H3,(H,16,19). The molecule has 0 atom stereocenters. The van der Waals surface area contributed by atoms with E-state index in [9.17, 15) is 9.59 Å². The molecule has 0 aliphatic heterocycles. The zero-order valence-electron chi connectivity index (χ0n) is 12.1. The summed E-state index contributed by atoms with van der Waals surface area (Å²) in [7, 11) is 4.71. The number of nitrogens with zero attached hydrogens (tertiary/aromatic N) is 3. The number of methoxy groups -OCH3 is 1. The van der Waals surface area contributed by atoms with Crippen LogP contribution in [0.3, 0.4) is 0 Å². The molecule has 0 aliphatic carbocycles. The van der Waals surface area contributed by atoms with Gasteiger partial charge in [-0.2, -0.15) is 0 Å². The molecule has 2 heterocycles. The van der Waals surface area contributed by atoms with Crippen molar-refractivity contribution in [3.63, 3.8) is 0 Å². The van der Waals surface area contributed by atoms with Crippen LogP contribution in [0.4, 0.5) is 5.69 Å². The summed E-state index contributed by atoms with van der Waals surface area (Å²) in [6.45, 7) is 0.263. The lowest BCUT2D eigenvalue weighted by molar-refractivity contribution is 0.0590. The van der Waals surface area contributed by atoms with Gasteiger partial charge >= 0.3 is 5.97 Å². The second kappa shape index (κ2) is 5.80. The highest BCUT2D eigenvalue weighted by atomic mass is 16.5. The Kier molecular flexibility index (Phi) is 4.08. The van der Waals surface area contributed by atoms with Crippen molar-refractivity contribution < 1.29 is 14.3 Å². The number of carbonyl (C=O) groups excluding carboxylic acids is 2. The highest BCUT2D eigenvalue weighted by molar-refractivity contribution is 6.02. The van der Waals surface area contributed by atoms with Crippen molar-refractivity contribution in [2.24, 2.45) is 19.8 Å². The van der Waals surface area contributed by atoms with Crippen molar-refractivity contribution in [2.75, 3.05) is 12.4 Å². The van der Waals surface area contributed by atoms with Crippen LogP contribution in [-0.4, -0.2) is 33.1 Å². The number of rotatable bonds is 4. The van der Waals surface area contributed by atoms with Crippen molar-refractivity contribution in [3.05, 3.63) is 35.7 Å². The van der Waals surface area contributed by atoms with Gasteiger partial charge in [0, 0.05) is 33.0 Å². The van der Waals surface area contributed by atoms with E-state index in [1.807, 2.05) is 0 Å². The Morgan fingerprint density at radius 2 is 2.05 bits per heavy atom. The highest BCUT2D eigenvalue weighted by Gasteiger charge is 2.17. The van der Waals surface area contributed by atoms with Crippen molar-refractivity contribution in [1.29, 1.82) is 0 Å². The van der Waals surface area contributed by atoms with Crippen LogP contribution < -0.4 is 11.1 Å². The van der Waals surface area contributed by atoms with Crippen LogP contribution in [0.1, 0.15) is 26.8 Å². The summed E-state index contributed by atoms with van der Waals surface area (Å²) in [5, 5.41) is 2.68. The lowest BCUT2D eigenvalue weighted by Crippen LogP contribution is -2.16. The molecule has 0 aromatic carbocycles. The number of anilines is 1. The third-order valence-corrected chi connectivity index (χ3v) is 3.00. The van der Waals surface area contributed by atoms with Crippen molar-refractivity contribution in [1.82, 2.24) is 14.1 Å². The summed E-state index contributed by atoms with van der Waals surface area (Å²) >= 11 is 0. The number of ether oxygens (including phenoxy) is 1. The first-order chi connectivity index (χ1) is 9.96. The molecule has 0 spiro atoms. The zero-order valence-corrected chi connectivity index (χ0v) is 12.1. The van der Waals surface area contributed by atoms with Crippen LogP contribution in [0.2, 0.25) is 0 Å². The molecule has 1 amide bonds. The van der Waals surface area contributed by atoms with Crippen molar-refractivity contribution >= 4 is 17.6 Å². The van der Waals surface area contributed by atoms with Gasteiger partial charge in [-0.05, 0) is 6.07 Å². The lowest BCUT2D eigenvalue weighted by Gasteiger charge is -2.01. The number of hydrogen-bond acceptors (Lipinski definition) is 5. The summed E-state index contributed by atoms with van der Waals surface area (Å²) in [4.78, 5) is 27.8. The summed E-state index contributed by atoms with van der Waals surface area (Å²) in [5.74, 6) is -0.599. The van der Waals surface area contributed by atoms with E-state index in [-0.39, 0.29) is 18.3 Å². The van der Waals surface area contributed by atoms with E-state index >= 15 is 0 Å². The van der Waals surface area contributed by atoms with Gasteiger partial charge in [0.15, 0.2) is 5.82 Å². The Hall–Kier alpha value is -2.61. The van der Waals surface area contributed by atoms with E-state index in [0.717, 1.165) is 0 Å². The van der Waals surface area contributed by atoms with Crippen LogP contribution >= 0.6 is 0 Å². The molecule has 8 nitrogen and oxygen atoms in total. The number of amides is 1. The molecule has 21 heavy (non-hydrogen) atoms. The van der Waals surface area contributed by atoms with E-state index in [1.54, 1.807) is 35.6 Å². The third kappa shape index (κ3) is 2.95. The number of carbonyl (C=O) groups is 2. The maximum absolute atomic E-state index is 12.2. The summed E-state index contributed by atoms with van der Waals surface area (Å²) in [6, 6.07) is 1.54. The number of aryl methyl sites for hydroxylation is 2. The molecular formula is C13H17N5O3. The Balaban J connectivity index is 2.19. The van der Waals surface area contributed by atoms with Crippen LogP contribution in [0.15, 0.2) is 18.5 Å². The van der Waals surface area contributed by atoms with E-state index in [0.29, 0.717) is 17.1 Å². The predicted molar refractivity (Wildman–Crippen MR) is 75.8 cm³/mol. The normalized spacial score (nSPS) is 10.5. The smallest absolute Gasteiger partial charge is 0.354 e. The molecule has 2 rings (SSSR count). The van der Waals surface area contributed by atoms with Gasteiger partial charge < -0.3 is 24.9 Å². The number of esters is 1. The zero-order chi connectivity index (χ0) is 15.6. The van der Waals surface area contributed by atoms with Gasteiger partial charge in [-0.15, -0.1) is 0 Å². The van der Waals surface area contributed by atoms with Gasteiger partial charge in [0.1, 0.15) is 5.69 Å². The highest BCUT2D eigenvalue weighted by Crippen LogP contribution is 2.15. The maximum Gasteiger partial charge on any atom is 0.354 e. The number of nitrogens with two attached hydrogens (primary N) is 1. The van der Waals surface area contributed by atoms with Crippen molar-refractivity contribution in [3.8, 4) is 0 Å². The third-order valence-electron chi connectivity index (χ3n) is 3.00. The summed E-state index contributed by atoms with van der Waals surface area (Å²) < 4.78 is 7.83. The SMILES string of the molecule is COC(=O)c1cc(NC(=O)c2nc(CN)cn2C)cn1C. The number of imidazole rings is 1. The molecule has 0 unspecified atom stereocenters. The Bertz CT molecular complexity index is 686. The van der Waals surface area contributed by atoms with Crippen LogP contribution in [0.25, 0.3) is 0 Å². The Labute approximate surface area is 121 Å².